The van der Waals surface area contributed by atoms with E-state index in [-0.39, 0.29) is 0 Å². The summed E-state index contributed by atoms with van der Waals surface area (Å²) in [5.41, 5.74) is 0. The van der Waals surface area contributed by atoms with E-state index in [1.54, 1.807) is 0 Å². The van der Waals surface area contributed by atoms with E-state index in [4.69, 9.17) is 0 Å². The lowest BCUT2D eigenvalue weighted by Crippen LogP contribution is -2.38. The van der Waals surface area contributed by atoms with Gasteiger partial charge in [0, 0.05) is 13.1 Å². The van der Waals surface area contributed by atoms with E-state index in [2.05, 4.69) is 16.7 Å². The summed E-state index contributed by atoms with van der Waals surface area (Å²) in [5.74, 6) is 1.02. The molecule has 0 saturated carbocycles. The maximum Gasteiger partial charge on any atom is 0.0109 e. The van der Waals surface area contributed by atoms with Gasteiger partial charge in [0.15, 0.2) is 0 Å². The third-order valence-electron chi connectivity index (χ3n) is 4.22. The van der Waals surface area contributed by atoms with Crippen LogP contribution in [0.4, 0.5) is 0 Å². The highest BCUT2D eigenvalue weighted by Crippen LogP contribution is 2.19. The van der Waals surface area contributed by atoms with Crippen LogP contribution in [0.25, 0.3) is 0 Å². The van der Waals surface area contributed by atoms with Gasteiger partial charge >= 0.3 is 0 Å². The minimum absolute atomic E-state index is 1.02. The lowest BCUT2D eigenvalue weighted by atomic mass is 9.94. The molecule has 0 bridgehead atoms. The summed E-state index contributed by atoms with van der Waals surface area (Å²) in [5, 5.41) is 0. The molecule has 0 atom stereocenters. The van der Waals surface area contributed by atoms with Crippen molar-refractivity contribution in [3.8, 4) is 0 Å². The molecule has 0 unspecified atom stereocenters. The zero-order chi connectivity index (χ0) is 10.5. The van der Waals surface area contributed by atoms with E-state index < -0.39 is 0 Å². The molecule has 0 aromatic rings. The van der Waals surface area contributed by atoms with Crippen molar-refractivity contribution >= 4 is 0 Å². The van der Waals surface area contributed by atoms with Crippen LogP contribution < -0.4 is 0 Å². The smallest absolute Gasteiger partial charge is 0.0109 e. The number of rotatable bonds is 4. The summed E-state index contributed by atoms with van der Waals surface area (Å²) >= 11 is 0. The molecule has 15 heavy (non-hydrogen) atoms. The zero-order valence-corrected chi connectivity index (χ0v) is 10.2. The van der Waals surface area contributed by atoms with Crippen molar-refractivity contribution in [2.45, 2.75) is 39.0 Å². The Morgan fingerprint density at radius 2 is 1.40 bits per heavy atom. The number of nitrogens with zero attached hydrogens (tertiary/aromatic N) is 2. The van der Waals surface area contributed by atoms with Crippen molar-refractivity contribution in [2.75, 3.05) is 39.3 Å². The number of hydrogen-bond donors (Lipinski definition) is 0. The lowest BCUT2D eigenvalue weighted by Gasteiger charge is -2.32. The first-order valence-electron chi connectivity index (χ1n) is 6.83. The second-order valence-electron chi connectivity index (χ2n) is 5.24. The molecule has 2 heteroatoms. The predicted molar refractivity (Wildman–Crippen MR) is 65.1 cm³/mol. The van der Waals surface area contributed by atoms with Gasteiger partial charge in [0.25, 0.3) is 0 Å². The Balaban J connectivity index is 1.59. The maximum absolute atomic E-state index is 2.67. The quantitative estimate of drug-likeness (QED) is 0.702. The van der Waals surface area contributed by atoms with Crippen molar-refractivity contribution in [1.29, 1.82) is 0 Å². The van der Waals surface area contributed by atoms with E-state index in [9.17, 15) is 0 Å². The lowest BCUT2D eigenvalue weighted by molar-refractivity contribution is 0.162. The normalized spacial score (nSPS) is 26.2. The van der Waals surface area contributed by atoms with Gasteiger partial charge in [-0.05, 0) is 57.8 Å². The molecular weight excluding hydrogens is 184 g/mol. The van der Waals surface area contributed by atoms with Crippen molar-refractivity contribution in [3.05, 3.63) is 0 Å². The van der Waals surface area contributed by atoms with Gasteiger partial charge in [0.05, 0.1) is 0 Å². The van der Waals surface area contributed by atoms with Crippen molar-refractivity contribution in [3.63, 3.8) is 0 Å². The molecule has 2 fully saturated rings. The summed E-state index contributed by atoms with van der Waals surface area (Å²) in [7, 11) is 0. The molecule has 2 rings (SSSR count). The number of piperidine rings is 1. The molecule has 2 nitrogen and oxygen atoms in total. The van der Waals surface area contributed by atoms with Crippen molar-refractivity contribution < 1.29 is 0 Å². The Hall–Kier alpha value is -0.0800. The molecule has 0 amide bonds. The summed E-state index contributed by atoms with van der Waals surface area (Å²) in [4.78, 5) is 5.30. The third-order valence-corrected chi connectivity index (χ3v) is 4.22. The predicted octanol–water partition coefficient (Wildman–Crippen LogP) is 2.20. The van der Waals surface area contributed by atoms with Gasteiger partial charge in [-0.1, -0.05) is 13.3 Å². The SMILES string of the molecule is CCC1CCN(CCN2CCCC2)CC1. The third kappa shape index (κ3) is 3.46. The van der Waals surface area contributed by atoms with E-state index in [0.29, 0.717) is 0 Å². The molecule has 0 N–H and O–H groups in total. The first-order chi connectivity index (χ1) is 7.38. The molecule has 2 heterocycles. The molecule has 0 aliphatic carbocycles. The van der Waals surface area contributed by atoms with Crippen LogP contribution in [-0.2, 0) is 0 Å². The fourth-order valence-electron chi connectivity index (χ4n) is 2.91. The maximum atomic E-state index is 2.67. The Morgan fingerprint density at radius 1 is 0.867 bits per heavy atom. The van der Waals surface area contributed by atoms with Crippen molar-refractivity contribution in [2.24, 2.45) is 5.92 Å². The first-order valence-corrected chi connectivity index (χ1v) is 6.83. The topological polar surface area (TPSA) is 6.48 Å². The van der Waals surface area contributed by atoms with Gasteiger partial charge in [-0.15, -0.1) is 0 Å². The Bertz CT molecular complexity index is 167. The van der Waals surface area contributed by atoms with Crippen molar-refractivity contribution in [1.82, 2.24) is 9.80 Å². The van der Waals surface area contributed by atoms with E-state index in [1.165, 1.54) is 71.4 Å². The fraction of sp³-hybridized carbons (Fsp3) is 1.00. The van der Waals surface area contributed by atoms with Crippen LogP contribution in [-0.4, -0.2) is 49.1 Å². The molecule has 88 valence electrons. The molecule has 2 aliphatic rings. The summed E-state index contributed by atoms with van der Waals surface area (Å²) < 4.78 is 0. The first kappa shape index (κ1) is 11.4. The van der Waals surface area contributed by atoms with Gasteiger partial charge in [-0.2, -0.15) is 0 Å². The minimum atomic E-state index is 1.02. The summed E-state index contributed by atoms with van der Waals surface area (Å²) in [6, 6.07) is 0. The zero-order valence-electron chi connectivity index (χ0n) is 10.2. The highest BCUT2D eigenvalue weighted by molar-refractivity contribution is 4.73. The number of hydrogen-bond acceptors (Lipinski definition) is 2. The van der Waals surface area contributed by atoms with Crippen LogP contribution in [0.2, 0.25) is 0 Å². The van der Waals surface area contributed by atoms with Gasteiger partial charge in [-0.3, -0.25) is 0 Å². The average molecular weight is 210 g/mol. The van der Waals surface area contributed by atoms with Crippen LogP contribution in [0.15, 0.2) is 0 Å². The van der Waals surface area contributed by atoms with Gasteiger partial charge < -0.3 is 9.80 Å². The Morgan fingerprint density at radius 3 is 1.93 bits per heavy atom. The largest absolute Gasteiger partial charge is 0.302 e. The van der Waals surface area contributed by atoms with Crippen LogP contribution in [0.1, 0.15) is 39.0 Å². The second kappa shape index (κ2) is 5.86. The molecular formula is C13H26N2. The molecule has 0 radical (unpaired) electrons. The Labute approximate surface area is 94.6 Å². The molecule has 2 aliphatic heterocycles. The van der Waals surface area contributed by atoms with Crippen LogP contribution in [0, 0.1) is 5.92 Å². The van der Waals surface area contributed by atoms with E-state index in [1.807, 2.05) is 0 Å². The van der Waals surface area contributed by atoms with Crippen LogP contribution in [0.5, 0.6) is 0 Å². The number of likely N-dealkylation sites (tertiary alicyclic amines) is 2. The standard InChI is InChI=1S/C13H26N2/c1-2-13-5-9-15(10-6-13)12-11-14-7-3-4-8-14/h13H,2-12H2,1H3. The molecule has 0 aromatic carbocycles. The molecule has 0 aromatic heterocycles. The summed E-state index contributed by atoms with van der Waals surface area (Å²) in [6.45, 7) is 10.4. The van der Waals surface area contributed by atoms with E-state index in [0.717, 1.165) is 5.92 Å². The highest BCUT2D eigenvalue weighted by Gasteiger charge is 2.18. The summed E-state index contributed by atoms with van der Waals surface area (Å²) in [6.07, 6.45) is 7.13. The van der Waals surface area contributed by atoms with Crippen LogP contribution in [0.3, 0.4) is 0 Å². The van der Waals surface area contributed by atoms with Gasteiger partial charge in [0.1, 0.15) is 0 Å². The fourth-order valence-corrected chi connectivity index (χ4v) is 2.91. The second-order valence-corrected chi connectivity index (χ2v) is 5.24. The minimum Gasteiger partial charge on any atom is -0.302 e. The van der Waals surface area contributed by atoms with E-state index >= 15 is 0 Å². The average Bonchev–Trinajstić information content (AvgIpc) is 2.80. The van der Waals surface area contributed by atoms with Gasteiger partial charge in [0.2, 0.25) is 0 Å². The van der Waals surface area contributed by atoms with Gasteiger partial charge in [-0.25, -0.2) is 0 Å². The Kier molecular flexibility index (Phi) is 4.45. The highest BCUT2D eigenvalue weighted by atomic mass is 15.2. The monoisotopic (exact) mass is 210 g/mol. The molecule has 2 saturated heterocycles. The van der Waals surface area contributed by atoms with Crippen LogP contribution >= 0.6 is 0 Å². The molecule has 0 spiro atoms.